The van der Waals surface area contributed by atoms with Crippen LogP contribution in [0.2, 0.25) is 0 Å². The number of nitrogens with zero attached hydrogens (tertiary/aromatic N) is 2. The minimum Gasteiger partial charge on any atom is -0.316 e. The highest BCUT2D eigenvalue weighted by molar-refractivity contribution is 5.91. The van der Waals surface area contributed by atoms with E-state index in [2.05, 4.69) is 15.8 Å². The van der Waals surface area contributed by atoms with Gasteiger partial charge < -0.3 is 9.88 Å². The highest BCUT2D eigenvalue weighted by Crippen LogP contribution is 2.30. The number of hydrogen-bond acceptors (Lipinski definition) is 2. The lowest BCUT2D eigenvalue weighted by Gasteiger charge is -2.11. The summed E-state index contributed by atoms with van der Waals surface area (Å²) in [5, 5.41) is 6.53. The summed E-state index contributed by atoms with van der Waals surface area (Å²) in [6, 6.07) is 15.1. The van der Waals surface area contributed by atoms with Gasteiger partial charge in [0.05, 0.1) is 17.5 Å². The molecule has 2 amide bonds. The van der Waals surface area contributed by atoms with Gasteiger partial charge in [-0.2, -0.15) is 18.3 Å². The van der Waals surface area contributed by atoms with Crippen molar-refractivity contribution in [3.05, 3.63) is 83.7 Å². The predicted octanol–water partition coefficient (Wildman–Crippen LogP) is 4.96. The van der Waals surface area contributed by atoms with Gasteiger partial charge in [-0.1, -0.05) is 24.3 Å². The number of hydrazone groups is 1. The summed E-state index contributed by atoms with van der Waals surface area (Å²) in [5.74, 6) is 0. The predicted molar refractivity (Wildman–Crippen MR) is 102 cm³/mol. The summed E-state index contributed by atoms with van der Waals surface area (Å²) >= 11 is 0. The summed E-state index contributed by atoms with van der Waals surface area (Å²) in [4.78, 5) is 11.9. The third kappa shape index (κ3) is 4.59. The fourth-order valence-corrected chi connectivity index (χ4v) is 2.59. The van der Waals surface area contributed by atoms with Crippen LogP contribution in [-0.2, 0) is 6.18 Å². The van der Waals surface area contributed by atoms with E-state index in [1.807, 2.05) is 19.1 Å². The molecule has 0 aliphatic rings. The molecule has 0 unspecified atom stereocenters. The Morgan fingerprint density at radius 2 is 1.86 bits per heavy atom. The summed E-state index contributed by atoms with van der Waals surface area (Å²) in [5.41, 5.74) is 4.00. The Balaban J connectivity index is 1.71. The van der Waals surface area contributed by atoms with Crippen LogP contribution in [0.15, 0.2) is 72.0 Å². The Labute approximate surface area is 159 Å². The molecular formula is C20H17F3N4O. The number of carbonyl (C=O) groups excluding carboxylic acids is 1. The molecule has 2 aromatic carbocycles. The first-order valence-corrected chi connectivity index (χ1v) is 8.35. The quantitative estimate of drug-likeness (QED) is 0.483. The lowest BCUT2D eigenvalue weighted by atomic mass is 10.2. The van der Waals surface area contributed by atoms with E-state index in [0.717, 1.165) is 17.7 Å². The van der Waals surface area contributed by atoms with E-state index in [4.69, 9.17) is 0 Å². The van der Waals surface area contributed by atoms with Crippen LogP contribution in [0.1, 0.15) is 16.8 Å². The Morgan fingerprint density at radius 1 is 1.07 bits per heavy atom. The van der Waals surface area contributed by atoms with Gasteiger partial charge in [-0.05, 0) is 48.9 Å². The first-order chi connectivity index (χ1) is 13.3. The Bertz CT molecular complexity index is 1010. The molecule has 0 aliphatic heterocycles. The zero-order chi connectivity index (χ0) is 20.1. The van der Waals surface area contributed by atoms with Crippen LogP contribution < -0.4 is 10.7 Å². The second-order valence-electron chi connectivity index (χ2n) is 5.99. The molecule has 1 heterocycles. The van der Waals surface area contributed by atoms with Crippen molar-refractivity contribution in [3.8, 4) is 5.69 Å². The smallest absolute Gasteiger partial charge is 0.316 e. The molecular weight excluding hydrogens is 369 g/mol. The van der Waals surface area contributed by atoms with Gasteiger partial charge in [-0.15, -0.1) is 0 Å². The third-order valence-corrected chi connectivity index (χ3v) is 3.99. The number of urea groups is 1. The van der Waals surface area contributed by atoms with Crippen molar-refractivity contribution < 1.29 is 18.0 Å². The van der Waals surface area contributed by atoms with E-state index in [-0.39, 0.29) is 0 Å². The average molecular weight is 386 g/mol. The Hall–Kier alpha value is -3.55. The molecule has 28 heavy (non-hydrogen) atoms. The highest BCUT2D eigenvalue weighted by Gasteiger charge is 2.30. The molecule has 5 nitrogen and oxygen atoms in total. The molecule has 0 radical (unpaired) electrons. The number of amides is 2. The van der Waals surface area contributed by atoms with Gasteiger partial charge in [-0.25, -0.2) is 10.2 Å². The highest BCUT2D eigenvalue weighted by atomic mass is 19.4. The van der Waals surface area contributed by atoms with Crippen molar-refractivity contribution in [1.82, 2.24) is 9.99 Å². The maximum absolute atomic E-state index is 12.9. The van der Waals surface area contributed by atoms with Crippen LogP contribution in [0.4, 0.5) is 23.7 Å². The van der Waals surface area contributed by atoms with Gasteiger partial charge in [0.1, 0.15) is 0 Å². The van der Waals surface area contributed by atoms with Crippen LogP contribution >= 0.6 is 0 Å². The van der Waals surface area contributed by atoms with Crippen molar-refractivity contribution >= 4 is 17.9 Å². The minimum atomic E-state index is -4.42. The second kappa shape index (κ2) is 7.99. The average Bonchev–Trinajstić information content (AvgIpc) is 3.12. The van der Waals surface area contributed by atoms with Crippen LogP contribution in [0.3, 0.4) is 0 Å². The number of rotatable bonds is 4. The number of carbonyl (C=O) groups is 1. The van der Waals surface area contributed by atoms with Crippen molar-refractivity contribution in [3.63, 3.8) is 0 Å². The van der Waals surface area contributed by atoms with Crippen molar-refractivity contribution in [1.29, 1.82) is 0 Å². The fraction of sp³-hybridized carbons (Fsp3) is 0.100. The molecule has 3 aromatic rings. The molecule has 0 fully saturated rings. The van der Waals surface area contributed by atoms with E-state index in [1.165, 1.54) is 12.3 Å². The molecule has 0 atom stereocenters. The van der Waals surface area contributed by atoms with Crippen LogP contribution in [0, 0.1) is 6.92 Å². The lowest BCUT2D eigenvalue weighted by Crippen LogP contribution is -2.24. The lowest BCUT2D eigenvalue weighted by molar-refractivity contribution is -0.137. The molecule has 0 bridgehead atoms. The maximum atomic E-state index is 12.9. The molecule has 0 aliphatic carbocycles. The molecule has 8 heteroatoms. The maximum Gasteiger partial charge on any atom is 0.416 e. The normalized spacial score (nSPS) is 11.6. The molecule has 144 valence electrons. The van der Waals surface area contributed by atoms with E-state index in [0.29, 0.717) is 17.1 Å². The van der Waals surface area contributed by atoms with Gasteiger partial charge >= 0.3 is 12.2 Å². The number of nitrogens with one attached hydrogen (secondary N) is 2. The topological polar surface area (TPSA) is 58.4 Å². The number of benzene rings is 2. The van der Waals surface area contributed by atoms with Gasteiger partial charge in [0.25, 0.3) is 0 Å². The number of halogens is 3. The first-order valence-electron chi connectivity index (χ1n) is 8.35. The monoisotopic (exact) mass is 386 g/mol. The van der Waals surface area contributed by atoms with Gasteiger partial charge in [0, 0.05) is 17.6 Å². The molecule has 3 rings (SSSR count). The zero-order valence-corrected chi connectivity index (χ0v) is 14.9. The second-order valence-corrected chi connectivity index (χ2v) is 5.99. The molecule has 1 aromatic heterocycles. The number of alkyl halides is 3. The standard InChI is InChI=1S/C20H17F3N4O/c1-14-6-2-3-10-18(14)25-19(28)26-24-13-17-9-5-11-27(17)16-8-4-7-15(12-16)20(21,22)23/h2-13H,1H3,(H2,25,26,28)/b24-13+. The van der Waals surface area contributed by atoms with E-state index in [9.17, 15) is 18.0 Å². The van der Waals surface area contributed by atoms with Crippen LogP contribution in [-0.4, -0.2) is 16.8 Å². The third-order valence-electron chi connectivity index (χ3n) is 3.99. The molecule has 0 saturated heterocycles. The Kier molecular flexibility index (Phi) is 5.49. The summed E-state index contributed by atoms with van der Waals surface area (Å²) in [7, 11) is 0. The number of aryl methyl sites for hydroxylation is 1. The van der Waals surface area contributed by atoms with Gasteiger partial charge in [0.15, 0.2) is 0 Å². The number of hydrogen-bond donors (Lipinski definition) is 2. The molecule has 0 saturated carbocycles. The molecule has 2 N–H and O–H groups in total. The summed E-state index contributed by atoms with van der Waals surface area (Å²) in [6.45, 7) is 1.86. The van der Waals surface area contributed by atoms with E-state index < -0.39 is 17.8 Å². The summed E-state index contributed by atoms with van der Waals surface area (Å²) in [6.07, 6.45) is -1.45. The minimum absolute atomic E-state index is 0.339. The number of aromatic nitrogens is 1. The first kappa shape index (κ1) is 19.2. The van der Waals surface area contributed by atoms with E-state index >= 15 is 0 Å². The SMILES string of the molecule is Cc1ccccc1NC(=O)N/N=C/c1cccn1-c1cccc(C(F)(F)F)c1. The Morgan fingerprint density at radius 3 is 2.61 bits per heavy atom. The van der Waals surface area contributed by atoms with Crippen molar-refractivity contribution in [2.24, 2.45) is 5.10 Å². The number of anilines is 1. The van der Waals surface area contributed by atoms with Gasteiger partial charge in [0.2, 0.25) is 0 Å². The van der Waals surface area contributed by atoms with Gasteiger partial charge in [-0.3, -0.25) is 0 Å². The molecule has 0 spiro atoms. The van der Waals surface area contributed by atoms with Crippen molar-refractivity contribution in [2.75, 3.05) is 5.32 Å². The van der Waals surface area contributed by atoms with E-state index in [1.54, 1.807) is 41.1 Å². The largest absolute Gasteiger partial charge is 0.416 e. The van der Waals surface area contributed by atoms with Crippen LogP contribution in [0.5, 0.6) is 0 Å². The number of para-hydroxylation sites is 1. The summed E-state index contributed by atoms with van der Waals surface area (Å²) < 4.78 is 40.3. The van der Waals surface area contributed by atoms with Crippen molar-refractivity contribution in [2.45, 2.75) is 13.1 Å². The van der Waals surface area contributed by atoms with Crippen LogP contribution in [0.25, 0.3) is 5.69 Å². The zero-order valence-electron chi connectivity index (χ0n) is 14.9. The fourth-order valence-electron chi connectivity index (χ4n) is 2.59.